The van der Waals surface area contributed by atoms with Gasteiger partial charge in [-0.25, -0.2) is 0 Å². The van der Waals surface area contributed by atoms with Gasteiger partial charge in [-0.05, 0) is 30.2 Å². The molecular formula is C16H17ClN2O. The van der Waals surface area contributed by atoms with Crippen LogP contribution in [0.2, 0.25) is 0 Å². The average Bonchev–Trinajstić information content (AvgIpc) is 2.54. The number of carbonyl (C=O) groups is 1. The number of alkyl halides is 1. The van der Waals surface area contributed by atoms with Crippen molar-refractivity contribution in [3.63, 3.8) is 0 Å². The lowest BCUT2D eigenvalue weighted by atomic mass is 9.98. The number of benzene rings is 1. The molecule has 0 unspecified atom stereocenters. The zero-order valence-electron chi connectivity index (χ0n) is 11.3. The highest BCUT2D eigenvalue weighted by Gasteiger charge is 2.24. The quantitative estimate of drug-likeness (QED) is 0.794. The van der Waals surface area contributed by atoms with E-state index in [-0.39, 0.29) is 5.91 Å². The fraction of sp³-hybridized carbons (Fsp3) is 0.375. The molecule has 1 aromatic carbocycles. The predicted molar refractivity (Wildman–Crippen MR) is 81.1 cm³/mol. The van der Waals surface area contributed by atoms with Crippen LogP contribution in [-0.2, 0) is 0 Å². The first-order valence-corrected chi connectivity index (χ1v) is 7.52. The van der Waals surface area contributed by atoms with Crippen LogP contribution in [0, 0.1) is 5.92 Å². The van der Waals surface area contributed by atoms with Crippen molar-refractivity contribution in [1.82, 2.24) is 9.88 Å². The number of aromatic nitrogens is 1. The molecule has 0 N–H and O–H groups in total. The largest absolute Gasteiger partial charge is 0.337 e. The second-order valence-electron chi connectivity index (χ2n) is 5.27. The fourth-order valence-electron chi connectivity index (χ4n) is 2.73. The molecule has 20 heavy (non-hydrogen) atoms. The smallest absolute Gasteiger partial charge is 0.273 e. The monoisotopic (exact) mass is 288 g/mol. The molecule has 4 heteroatoms. The van der Waals surface area contributed by atoms with Crippen molar-refractivity contribution in [2.24, 2.45) is 5.92 Å². The Labute approximate surface area is 123 Å². The summed E-state index contributed by atoms with van der Waals surface area (Å²) in [6, 6.07) is 9.82. The number of hydrogen-bond donors (Lipinski definition) is 0. The van der Waals surface area contributed by atoms with Gasteiger partial charge in [-0.3, -0.25) is 9.78 Å². The van der Waals surface area contributed by atoms with Crippen molar-refractivity contribution in [3.05, 3.63) is 42.2 Å². The number of rotatable bonds is 2. The molecule has 3 rings (SSSR count). The standard InChI is InChI=1S/C16H17ClN2O/c17-11-12-6-9-19(10-7-12)16(20)15-14-4-2-1-3-13(14)5-8-18-15/h1-5,8,12H,6-7,9-11H2. The van der Waals surface area contributed by atoms with Gasteiger partial charge in [0.2, 0.25) is 0 Å². The maximum absolute atomic E-state index is 12.6. The summed E-state index contributed by atoms with van der Waals surface area (Å²) in [7, 11) is 0. The van der Waals surface area contributed by atoms with E-state index in [1.54, 1.807) is 6.20 Å². The number of likely N-dealkylation sites (tertiary alicyclic amines) is 1. The summed E-state index contributed by atoms with van der Waals surface area (Å²) in [6.45, 7) is 1.56. The van der Waals surface area contributed by atoms with Crippen LogP contribution in [0.1, 0.15) is 23.3 Å². The Morgan fingerprint density at radius 2 is 2.00 bits per heavy atom. The maximum Gasteiger partial charge on any atom is 0.273 e. The van der Waals surface area contributed by atoms with E-state index in [9.17, 15) is 4.79 Å². The van der Waals surface area contributed by atoms with Crippen LogP contribution in [-0.4, -0.2) is 34.8 Å². The van der Waals surface area contributed by atoms with Crippen molar-refractivity contribution >= 4 is 28.3 Å². The number of fused-ring (bicyclic) bond motifs is 1. The number of halogens is 1. The topological polar surface area (TPSA) is 33.2 Å². The lowest BCUT2D eigenvalue weighted by Gasteiger charge is -2.31. The Hall–Kier alpha value is -1.61. The lowest BCUT2D eigenvalue weighted by Crippen LogP contribution is -2.39. The van der Waals surface area contributed by atoms with Gasteiger partial charge >= 0.3 is 0 Å². The first-order valence-electron chi connectivity index (χ1n) is 6.98. The molecule has 0 bridgehead atoms. The third-order valence-corrected chi connectivity index (χ3v) is 4.43. The number of nitrogens with zero attached hydrogens (tertiary/aromatic N) is 2. The van der Waals surface area contributed by atoms with Crippen LogP contribution in [0.25, 0.3) is 10.8 Å². The maximum atomic E-state index is 12.6. The molecule has 1 aromatic heterocycles. The van der Waals surface area contributed by atoms with Crippen LogP contribution in [0.3, 0.4) is 0 Å². The van der Waals surface area contributed by atoms with Crippen molar-refractivity contribution < 1.29 is 4.79 Å². The van der Waals surface area contributed by atoms with Gasteiger partial charge in [-0.1, -0.05) is 24.3 Å². The summed E-state index contributed by atoms with van der Waals surface area (Å²) in [5, 5.41) is 1.99. The average molecular weight is 289 g/mol. The summed E-state index contributed by atoms with van der Waals surface area (Å²) in [4.78, 5) is 18.8. The molecule has 2 heterocycles. The van der Waals surface area contributed by atoms with Gasteiger partial charge in [0.25, 0.3) is 5.91 Å². The summed E-state index contributed by atoms with van der Waals surface area (Å²) in [6.07, 6.45) is 3.68. The summed E-state index contributed by atoms with van der Waals surface area (Å²) >= 11 is 5.89. The van der Waals surface area contributed by atoms with E-state index in [0.29, 0.717) is 17.5 Å². The van der Waals surface area contributed by atoms with E-state index in [0.717, 1.165) is 36.7 Å². The summed E-state index contributed by atoms with van der Waals surface area (Å²) in [5.74, 6) is 1.27. The number of hydrogen-bond acceptors (Lipinski definition) is 2. The van der Waals surface area contributed by atoms with E-state index in [1.165, 1.54) is 0 Å². The highest BCUT2D eigenvalue weighted by Crippen LogP contribution is 2.22. The Bertz CT molecular complexity index is 615. The van der Waals surface area contributed by atoms with E-state index >= 15 is 0 Å². The fourth-order valence-corrected chi connectivity index (χ4v) is 3.04. The molecule has 1 fully saturated rings. The van der Waals surface area contributed by atoms with E-state index in [2.05, 4.69) is 4.98 Å². The minimum atomic E-state index is 0.0369. The molecule has 0 aliphatic carbocycles. The number of carbonyl (C=O) groups excluding carboxylic acids is 1. The summed E-state index contributed by atoms with van der Waals surface area (Å²) in [5.41, 5.74) is 0.562. The van der Waals surface area contributed by atoms with Crippen LogP contribution in [0.15, 0.2) is 36.5 Å². The van der Waals surface area contributed by atoms with Crippen molar-refractivity contribution in [1.29, 1.82) is 0 Å². The van der Waals surface area contributed by atoms with Gasteiger partial charge in [-0.15, -0.1) is 11.6 Å². The number of piperidine rings is 1. The summed E-state index contributed by atoms with van der Waals surface area (Å²) < 4.78 is 0. The van der Waals surface area contributed by atoms with Gasteiger partial charge in [0, 0.05) is 30.6 Å². The SMILES string of the molecule is O=C(c1nccc2ccccc12)N1CCC(CCl)CC1. The Kier molecular flexibility index (Phi) is 3.88. The van der Waals surface area contributed by atoms with Crippen molar-refractivity contribution in [3.8, 4) is 0 Å². The van der Waals surface area contributed by atoms with Crippen LogP contribution in [0.5, 0.6) is 0 Å². The highest BCUT2D eigenvalue weighted by molar-refractivity contribution is 6.18. The molecule has 1 amide bonds. The first kappa shape index (κ1) is 13.4. The molecule has 0 atom stereocenters. The van der Waals surface area contributed by atoms with Crippen molar-refractivity contribution in [2.45, 2.75) is 12.8 Å². The Morgan fingerprint density at radius 1 is 1.25 bits per heavy atom. The molecule has 0 radical (unpaired) electrons. The molecule has 1 aliphatic rings. The van der Waals surface area contributed by atoms with Crippen molar-refractivity contribution in [2.75, 3.05) is 19.0 Å². The first-order chi connectivity index (χ1) is 9.79. The second-order valence-corrected chi connectivity index (χ2v) is 5.58. The highest BCUT2D eigenvalue weighted by atomic mass is 35.5. The molecule has 1 aliphatic heterocycles. The predicted octanol–water partition coefficient (Wildman–Crippen LogP) is 3.33. The second kappa shape index (κ2) is 5.80. The number of pyridine rings is 1. The Balaban J connectivity index is 1.86. The third-order valence-electron chi connectivity index (χ3n) is 4.00. The molecule has 0 spiro atoms. The van der Waals surface area contributed by atoms with Crippen LogP contribution in [0.4, 0.5) is 0 Å². The minimum Gasteiger partial charge on any atom is -0.337 e. The van der Waals surface area contributed by atoms with Crippen LogP contribution >= 0.6 is 11.6 Å². The van der Waals surface area contributed by atoms with Gasteiger partial charge < -0.3 is 4.90 Å². The number of amides is 1. The zero-order chi connectivity index (χ0) is 13.9. The van der Waals surface area contributed by atoms with E-state index in [1.807, 2.05) is 35.2 Å². The molecule has 3 nitrogen and oxygen atoms in total. The molecule has 2 aromatic rings. The normalized spacial score (nSPS) is 16.6. The lowest BCUT2D eigenvalue weighted by molar-refractivity contribution is 0.0694. The van der Waals surface area contributed by atoms with Gasteiger partial charge in [0.15, 0.2) is 0 Å². The molecular weight excluding hydrogens is 272 g/mol. The zero-order valence-corrected chi connectivity index (χ0v) is 12.0. The van der Waals surface area contributed by atoms with E-state index < -0.39 is 0 Å². The minimum absolute atomic E-state index is 0.0369. The van der Waals surface area contributed by atoms with Crippen LogP contribution < -0.4 is 0 Å². The molecule has 104 valence electrons. The van der Waals surface area contributed by atoms with Gasteiger partial charge in [0.1, 0.15) is 5.69 Å². The van der Waals surface area contributed by atoms with Gasteiger partial charge in [0.05, 0.1) is 0 Å². The molecule has 0 saturated carbocycles. The Morgan fingerprint density at radius 3 is 2.75 bits per heavy atom. The van der Waals surface area contributed by atoms with E-state index in [4.69, 9.17) is 11.6 Å². The molecule has 1 saturated heterocycles. The third kappa shape index (κ3) is 2.50. The van der Waals surface area contributed by atoms with Gasteiger partial charge in [-0.2, -0.15) is 0 Å².